The summed E-state index contributed by atoms with van der Waals surface area (Å²) in [7, 11) is 0. The van der Waals surface area contributed by atoms with Gasteiger partial charge in [0.15, 0.2) is 5.13 Å². The Labute approximate surface area is 122 Å². The van der Waals surface area contributed by atoms with Crippen LogP contribution in [0.15, 0.2) is 18.2 Å². The van der Waals surface area contributed by atoms with E-state index in [9.17, 15) is 4.79 Å². The Hall–Kier alpha value is -1.66. The van der Waals surface area contributed by atoms with Gasteiger partial charge in [-0.3, -0.25) is 4.79 Å². The molecule has 6 heteroatoms. The van der Waals surface area contributed by atoms with E-state index in [0.717, 1.165) is 41.8 Å². The molecule has 0 atom stereocenters. The Morgan fingerprint density at radius 2 is 2.25 bits per heavy atom. The van der Waals surface area contributed by atoms with Gasteiger partial charge in [-0.25, -0.2) is 4.98 Å². The summed E-state index contributed by atoms with van der Waals surface area (Å²) >= 11 is 1.45. The van der Waals surface area contributed by atoms with Gasteiger partial charge in [-0.1, -0.05) is 17.4 Å². The number of hydrogen-bond donors (Lipinski definition) is 2. The molecule has 0 saturated heterocycles. The van der Waals surface area contributed by atoms with Gasteiger partial charge in [-0.15, -0.1) is 0 Å². The average Bonchev–Trinajstić information content (AvgIpc) is 2.80. The minimum atomic E-state index is -0.117. The summed E-state index contributed by atoms with van der Waals surface area (Å²) < 4.78 is 6.78. The Balaban J connectivity index is 2.04. The number of aromatic nitrogens is 1. The number of anilines is 1. The summed E-state index contributed by atoms with van der Waals surface area (Å²) in [5.74, 6) is 0.649. The number of carbonyl (C=O) groups is 1. The molecule has 0 bridgehead atoms. The Morgan fingerprint density at radius 3 is 3.00 bits per heavy atom. The molecule has 0 aliphatic heterocycles. The van der Waals surface area contributed by atoms with Crippen LogP contribution in [0.2, 0.25) is 0 Å². The van der Waals surface area contributed by atoms with Crippen molar-refractivity contribution in [1.82, 2.24) is 4.98 Å². The lowest BCUT2D eigenvalue weighted by atomic mass is 10.2. The highest BCUT2D eigenvalue weighted by Crippen LogP contribution is 2.32. The van der Waals surface area contributed by atoms with E-state index in [1.807, 2.05) is 18.2 Å². The molecule has 1 aromatic carbocycles. The number of fused-ring (bicyclic) bond motifs is 1. The molecule has 0 saturated carbocycles. The SMILES string of the molecule is CC(=O)Nc1nc2c(OCCCCCN)cccc2s1. The van der Waals surface area contributed by atoms with E-state index in [2.05, 4.69) is 10.3 Å². The number of unbranched alkanes of at least 4 members (excludes halogenated alkanes) is 2. The van der Waals surface area contributed by atoms with Crippen LogP contribution in [-0.2, 0) is 4.79 Å². The van der Waals surface area contributed by atoms with Gasteiger partial charge in [0.1, 0.15) is 11.3 Å². The molecule has 0 spiro atoms. The second kappa shape index (κ2) is 7.21. The molecular weight excluding hydrogens is 274 g/mol. The molecule has 0 aliphatic rings. The van der Waals surface area contributed by atoms with Crippen LogP contribution in [0.4, 0.5) is 5.13 Å². The summed E-state index contributed by atoms with van der Waals surface area (Å²) in [6.45, 7) is 2.86. The van der Waals surface area contributed by atoms with Crippen molar-refractivity contribution in [3.8, 4) is 5.75 Å². The van der Waals surface area contributed by atoms with Gasteiger partial charge in [-0.2, -0.15) is 0 Å². The van der Waals surface area contributed by atoms with E-state index in [1.165, 1.54) is 18.3 Å². The lowest BCUT2D eigenvalue weighted by molar-refractivity contribution is -0.114. The van der Waals surface area contributed by atoms with Crippen molar-refractivity contribution < 1.29 is 9.53 Å². The van der Waals surface area contributed by atoms with Gasteiger partial charge in [0.25, 0.3) is 0 Å². The molecule has 1 aromatic heterocycles. The molecule has 2 rings (SSSR count). The number of nitrogens with zero attached hydrogens (tertiary/aromatic N) is 1. The number of nitrogens with two attached hydrogens (primary N) is 1. The molecule has 20 heavy (non-hydrogen) atoms. The molecular formula is C14H19N3O2S. The third-order valence-corrected chi connectivity index (χ3v) is 3.71. The van der Waals surface area contributed by atoms with Gasteiger partial charge >= 0.3 is 0 Å². The van der Waals surface area contributed by atoms with E-state index in [1.54, 1.807) is 0 Å². The van der Waals surface area contributed by atoms with Gasteiger partial charge in [0.2, 0.25) is 5.91 Å². The molecule has 1 heterocycles. The first-order valence-corrected chi connectivity index (χ1v) is 7.52. The van der Waals surface area contributed by atoms with Gasteiger partial charge < -0.3 is 15.8 Å². The highest BCUT2D eigenvalue weighted by atomic mass is 32.1. The van der Waals surface area contributed by atoms with Crippen LogP contribution in [0.5, 0.6) is 5.75 Å². The number of hydrogen-bond acceptors (Lipinski definition) is 5. The fraction of sp³-hybridized carbons (Fsp3) is 0.429. The van der Waals surface area contributed by atoms with Crippen LogP contribution in [0.3, 0.4) is 0 Å². The number of amides is 1. The summed E-state index contributed by atoms with van der Waals surface area (Å²) in [5, 5.41) is 3.31. The number of benzene rings is 1. The first-order chi connectivity index (χ1) is 9.70. The average molecular weight is 293 g/mol. The molecule has 1 amide bonds. The maximum absolute atomic E-state index is 11.1. The summed E-state index contributed by atoms with van der Waals surface area (Å²) in [6.07, 6.45) is 3.08. The maximum Gasteiger partial charge on any atom is 0.223 e. The first kappa shape index (κ1) is 14.7. The highest BCUT2D eigenvalue weighted by Gasteiger charge is 2.09. The minimum absolute atomic E-state index is 0.117. The molecule has 5 nitrogen and oxygen atoms in total. The zero-order valence-electron chi connectivity index (χ0n) is 11.5. The second-order valence-corrected chi connectivity index (χ2v) is 5.53. The van der Waals surface area contributed by atoms with Crippen molar-refractivity contribution in [3.05, 3.63) is 18.2 Å². The largest absolute Gasteiger partial charge is 0.491 e. The Morgan fingerprint density at radius 1 is 1.40 bits per heavy atom. The molecule has 0 radical (unpaired) electrons. The van der Waals surface area contributed by atoms with Crippen molar-refractivity contribution in [2.24, 2.45) is 5.73 Å². The van der Waals surface area contributed by atoms with Crippen LogP contribution >= 0.6 is 11.3 Å². The van der Waals surface area contributed by atoms with Crippen LogP contribution in [0, 0.1) is 0 Å². The molecule has 2 aromatic rings. The highest BCUT2D eigenvalue weighted by molar-refractivity contribution is 7.22. The lowest BCUT2D eigenvalue weighted by Crippen LogP contribution is -2.05. The molecule has 3 N–H and O–H groups in total. The van der Waals surface area contributed by atoms with E-state index in [-0.39, 0.29) is 5.91 Å². The maximum atomic E-state index is 11.1. The first-order valence-electron chi connectivity index (χ1n) is 6.70. The normalized spacial score (nSPS) is 10.7. The number of rotatable bonds is 7. The molecule has 0 aliphatic carbocycles. The number of carbonyl (C=O) groups excluding carboxylic acids is 1. The van der Waals surface area contributed by atoms with E-state index in [4.69, 9.17) is 10.5 Å². The van der Waals surface area contributed by atoms with Gasteiger partial charge in [-0.05, 0) is 37.9 Å². The summed E-state index contributed by atoms with van der Waals surface area (Å²) in [6, 6.07) is 5.81. The van der Waals surface area contributed by atoms with Crippen molar-refractivity contribution >= 4 is 32.6 Å². The zero-order valence-corrected chi connectivity index (χ0v) is 12.3. The monoisotopic (exact) mass is 293 g/mol. The van der Waals surface area contributed by atoms with Crippen LogP contribution in [0.25, 0.3) is 10.2 Å². The summed E-state index contributed by atoms with van der Waals surface area (Å²) in [4.78, 5) is 15.5. The van der Waals surface area contributed by atoms with Gasteiger partial charge in [0.05, 0.1) is 11.3 Å². The quantitative estimate of drug-likeness (QED) is 0.770. The van der Waals surface area contributed by atoms with Crippen LogP contribution < -0.4 is 15.8 Å². The lowest BCUT2D eigenvalue weighted by Gasteiger charge is -2.06. The number of ether oxygens (including phenoxy) is 1. The molecule has 0 unspecified atom stereocenters. The third kappa shape index (κ3) is 3.91. The van der Waals surface area contributed by atoms with Gasteiger partial charge in [0, 0.05) is 6.92 Å². The van der Waals surface area contributed by atoms with Crippen LogP contribution in [-0.4, -0.2) is 24.0 Å². The minimum Gasteiger partial charge on any atom is -0.491 e. The van der Waals surface area contributed by atoms with Crippen LogP contribution in [0.1, 0.15) is 26.2 Å². The Bertz CT molecular complexity index is 583. The number of thiazole rings is 1. The number of nitrogens with one attached hydrogen (secondary N) is 1. The smallest absolute Gasteiger partial charge is 0.223 e. The van der Waals surface area contributed by atoms with Crippen molar-refractivity contribution in [3.63, 3.8) is 0 Å². The molecule has 108 valence electrons. The van der Waals surface area contributed by atoms with E-state index in [0.29, 0.717) is 11.7 Å². The van der Waals surface area contributed by atoms with Crippen molar-refractivity contribution in [2.75, 3.05) is 18.5 Å². The zero-order chi connectivity index (χ0) is 14.4. The van der Waals surface area contributed by atoms with E-state index < -0.39 is 0 Å². The fourth-order valence-electron chi connectivity index (χ4n) is 1.85. The van der Waals surface area contributed by atoms with Crippen molar-refractivity contribution in [1.29, 1.82) is 0 Å². The standard InChI is InChI=1S/C14H19N3O2S/c1-10(18)16-14-17-13-11(6-5-7-12(13)20-14)19-9-4-2-3-8-15/h5-7H,2-4,8-9,15H2,1H3,(H,16,17,18). The van der Waals surface area contributed by atoms with Crippen molar-refractivity contribution in [2.45, 2.75) is 26.2 Å². The number of para-hydroxylation sites is 1. The summed E-state index contributed by atoms with van der Waals surface area (Å²) in [5.41, 5.74) is 6.26. The van der Waals surface area contributed by atoms with E-state index >= 15 is 0 Å². The second-order valence-electron chi connectivity index (χ2n) is 4.50. The topological polar surface area (TPSA) is 77.2 Å². The predicted octanol–water partition coefficient (Wildman–Crippen LogP) is 2.76. The third-order valence-electron chi connectivity index (χ3n) is 2.77. The molecule has 0 fully saturated rings. The Kier molecular flexibility index (Phi) is 5.31. The fourth-order valence-corrected chi connectivity index (χ4v) is 2.78. The predicted molar refractivity (Wildman–Crippen MR) is 82.3 cm³/mol.